The van der Waals surface area contributed by atoms with Crippen LogP contribution in [-0.2, 0) is 4.74 Å². The number of aromatic nitrogens is 1. The number of benzene rings is 2. The number of anilines is 1. The van der Waals surface area contributed by atoms with E-state index in [0.717, 1.165) is 10.8 Å². The Morgan fingerprint density at radius 1 is 0.960 bits per heavy atom. The highest BCUT2D eigenvalue weighted by molar-refractivity contribution is 6.02. The van der Waals surface area contributed by atoms with Gasteiger partial charge in [0.15, 0.2) is 0 Å². The molecule has 1 amide bonds. The number of hydrogen-bond donors (Lipinski definition) is 1. The average molecular weight is 336 g/mol. The van der Waals surface area contributed by atoms with Crippen molar-refractivity contribution in [2.24, 2.45) is 0 Å². The molecule has 0 bridgehead atoms. The minimum Gasteiger partial charge on any atom is -0.457 e. The minimum absolute atomic E-state index is 0.486. The van der Waals surface area contributed by atoms with Crippen LogP contribution in [0.4, 0.5) is 10.5 Å². The number of hydrogen-bond acceptors (Lipinski definition) is 4. The van der Waals surface area contributed by atoms with E-state index >= 15 is 0 Å². The number of carbonyl (C=O) groups is 1. The molecular weight excluding hydrogens is 316 g/mol. The number of nitrogens with zero attached hydrogens (tertiary/aromatic N) is 1. The van der Waals surface area contributed by atoms with E-state index in [4.69, 9.17) is 9.47 Å². The standard InChI is InChI=1S/C20H20N2O3/c1-20(2,3)25-19(23)22-17-8-9-18(16-7-5-4-6-15(16)17)24-14-10-12-21-13-11-14/h4-13H,1-3H3,(H,22,23). The first-order valence-electron chi connectivity index (χ1n) is 8.02. The highest BCUT2D eigenvalue weighted by Crippen LogP contribution is 2.34. The van der Waals surface area contributed by atoms with Crippen molar-refractivity contribution in [2.45, 2.75) is 26.4 Å². The summed E-state index contributed by atoms with van der Waals surface area (Å²) in [6, 6.07) is 15.0. The van der Waals surface area contributed by atoms with Gasteiger partial charge in [-0.2, -0.15) is 0 Å². The van der Waals surface area contributed by atoms with Gasteiger partial charge in [0.05, 0.1) is 5.69 Å². The number of nitrogens with one attached hydrogen (secondary N) is 1. The Bertz CT molecular complexity index is 886. The van der Waals surface area contributed by atoms with E-state index in [1.165, 1.54) is 0 Å². The fourth-order valence-corrected chi connectivity index (χ4v) is 2.42. The van der Waals surface area contributed by atoms with E-state index < -0.39 is 11.7 Å². The van der Waals surface area contributed by atoms with Crippen molar-refractivity contribution in [1.82, 2.24) is 4.98 Å². The molecule has 0 aliphatic rings. The van der Waals surface area contributed by atoms with Gasteiger partial charge in [0.25, 0.3) is 0 Å². The van der Waals surface area contributed by atoms with Crippen molar-refractivity contribution in [1.29, 1.82) is 0 Å². The fraction of sp³-hybridized carbons (Fsp3) is 0.200. The van der Waals surface area contributed by atoms with Crippen LogP contribution in [0.2, 0.25) is 0 Å². The Hall–Kier alpha value is -3.08. The molecule has 0 aliphatic carbocycles. The summed E-state index contributed by atoms with van der Waals surface area (Å²) in [7, 11) is 0. The Morgan fingerprint density at radius 3 is 2.32 bits per heavy atom. The van der Waals surface area contributed by atoms with Crippen molar-refractivity contribution >= 4 is 22.6 Å². The highest BCUT2D eigenvalue weighted by atomic mass is 16.6. The lowest BCUT2D eigenvalue weighted by Crippen LogP contribution is -2.27. The van der Waals surface area contributed by atoms with Gasteiger partial charge in [0.2, 0.25) is 0 Å². The molecule has 5 nitrogen and oxygen atoms in total. The molecule has 2 aromatic carbocycles. The maximum absolute atomic E-state index is 12.1. The van der Waals surface area contributed by atoms with Crippen molar-refractivity contribution in [2.75, 3.05) is 5.32 Å². The van der Waals surface area contributed by atoms with E-state index in [-0.39, 0.29) is 0 Å². The van der Waals surface area contributed by atoms with Gasteiger partial charge in [-0.3, -0.25) is 10.3 Å². The van der Waals surface area contributed by atoms with Crippen LogP contribution in [0.1, 0.15) is 20.8 Å². The maximum atomic E-state index is 12.1. The molecule has 0 saturated carbocycles. The Labute approximate surface area is 146 Å². The molecule has 0 fully saturated rings. The summed E-state index contributed by atoms with van der Waals surface area (Å²) >= 11 is 0. The summed E-state index contributed by atoms with van der Waals surface area (Å²) in [5.41, 5.74) is 0.122. The topological polar surface area (TPSA) is 60.5 Å². The van der Waals surface area contributed by atoms with Crippen molar-refractivity contribution in [3.05, 3.63) is 60.9 Å². The lowest BCUT2D eigenvalue weighted by Gasteiger charge is -2.20. The number of amides is 1. The molecule has 25 heavy (non-hydrogen) atoms. The van der Waals surface area contributed by atoms with E-state index in [0.29, 0.717) is 17.2 Å². The lowest BCUT2D eigenvalue weighted by molar-refractivity contribution is 0.0636. The SMILES string of the molecule is CC(C)(C)OC(=O)Nc1ccc(Oc2ccncc2)c2ccccc12. The first kappa shape index (κ1) is 16.8. The summed E-state index contributed by atoms with van der Waals surface area (Å²) in [5, 5.41) is 4.58. The third-order valence-electron chi connectivity index (χ3n) is 3.40. The van der Waals surface area contributed by atoms with Gasteiger partial charge in [-0.05, 0) is 45.0 Å². The molecule has 1 N–H and O–H groups in total. The largest absolute Gasteiger partial charge is 0.457 e. The summed E-state index contributed by atoms with van der Waals surface area (Å²) in [6.45, 7) is 5.49. The van der Waals surface area contributed by atoms with Crippen LogP contribution in [0, 0.1) is 0 Å². The van der Waals surface area contributed by atoms with E-state index in [2.05, 4.69) is 10.3 Å². The molecule has 5 heteroatoms. The smallest absolute Gasteiger partial charge is 0.412 e. The molecule has 0 saturated heterocycles. The summed E-state index contributed by atoms with van der Waals surface area (Å²) in [5.74, 6) is 1.41. The zero-order valence-electron chi connectivity index (χ0n) is 14.4. The summed E-state index contributed by atoms with van der Waals surface area (Å²) < 4.78 is 11.3. The molecule has 3 rings (SSSR count). The van der Waals surface area contributed by atoms with Crippen LogP contribution >= 0.6 is 0 Å². The number of rotatable bonds is 3. The number of pyridine rings is 1. The molecule has 0 atom stereocenters. The van der Waals surface area contributed by atoms with Crippen LogP contribution < -0.4 is 10.1 Å². The van der Waals surface area contributed by atoms with Gasteiger partial charge in [0, 0.05) is 23.2 Å². The molecule has 1 heterocycles. The summed E-state index contributed by atoms with van der Waals surface area (Å²) in [4.78, 5) is 16.1. The molecular formula is C20H20N2O3. The highest BCUT2D eigenvalue weighted by Gasteiger charge is 2.17. The van der Waals surface area contributed by atoms with Crippen LogP contribution in [-0.4, -0.2) is 16.7 Å². The van der Waals surface area contributed by atoms with Crippen LogP contribution in [0.15, 0.2) is 60.9 Å². The molecule has 1 aromatic heterocycles. The molecule has 0 unspecified atom stereocenters. The van der Waals surface area contributed by atoms with Crippen LogP contribution in [0.25, 0.3) is 10.8 Å². The normalized spacial score (nSPS) is 11.2. The molecule has 0 spiro atoms. The Kier molecular flexibility index (Phi) is 4.57. The lowest BCUT2D eigenvalue weighted by atomic mass is 10.1. The van der Waals surface area contributed by atoms with Gasteiger partial charge in [-0.1, -0.05) is 24.3 Å². The van der Waals surface area contributed by atoms with Gasteiger partial charge < -0.3 is 9.47 Å². The first-order chi connectivity index (χ1) is 11.9. The van der Waals surface area contributed by atoms with Gasteiger partial charge >= 0.3 is 6.09 Å². The maximum Gasteiger partial charge on any atom is 0.412 e. The number of fused-ring (bicyclic) bond motifs is 1. The third-order valence-corrected chi connectivity index (χ3v) is 3.40. The van der Waals surface area contributed by atoms with E-state index in [9.17, 15) is 4.79 Å². The van der Waals surface area contributed by atoms with Crippen molar-refractivity contribution in [3.8, 4) is 11.5 Å². The van der Waals surface area contributed by atoms with E-state index in [1.54, 1.807) is 24.5 Å². The van der Waals surface area contributed by atoms with Crippen molar-refractivity contribution < 1.29 is 14.3 Å². The number of ether oxygens (including phenoxy) is 2. The van der Waals surface area contributed by atoms with Gasteiger partial charge in [-0.15, -0.1) is 0 Å². The predicted molar refractivity (Wildman–Crippen MR) is 98.1 cm³/mol. The second-order valence-corrected chi connectivity index (χ2v) is 6.57. The number of carbonyl (C=O) groups excluding carboxylic acids is 1. The monoisotopic (exact) mass is 336 g/mol. The Morgan fingerprint density at radius 2 is 1.64 bits per heavy atom. The van der Waals surface area contributed by atoms with Gasteiger partial charge in [0.1, 0.15) is 17.1 Å². The Balaban J connectivity index is 1.92. The van der Waals surface area contributed by atoms with Crippen LogP contribution in [0.5, 0.6) is 11.5 Å². The van der Waals surface area contributed by atoms with Crippen LogP contribution in [0.3, 0.4) is 0 Å². The molecule has 0 aliphatic heterocycles. The minimum atomic E-state index is -0.551. The zero-order chi connectivity index (χ0) is 17.9. The fourth-order valence-electron chi connectivity index (χ4n) is 2.42. The zero-order valence-corrected chi connectivity index (χ0v) is 14.4. The third kappa shape index (κ3) is 4.26. The molecule has 128 valence electrons. The quantitative estimate of drug-likeness (QED) is 0.698. The second-order valence-electron chi connectivity index (χ2n) is 6.57. The van der Waals surface area contributed by atoms with Crippen molar-refractivity contribution in [3.63, 3.8) is 0 Å². The first-order valence-corrected chi connectivity index (χ1v) is 8.02. The predicted octanol–water partition coefficient (Wildman–Crippen LogP) is 5.37. The van der Waals surface area contributed by atoms with E-state index in [1.807, 2.05) is 57.2 Å². The van der Waals surface area contributed by atoms with Gasteiger partial charge in [-0.25, -0.2) is 4.79 Å². The average Bonchev–Trinajstić information content (AvgIpc) is 2.56. The summed E-state index contributed by atoms with van der Waals surface area (Å²) in [6.07, 6.45) is 2.87. The second kappa shape index (κ2) is 6.81. The molecule has 3 aromatic rings. The molecule has 0 radical (unpaired) electrons.